The number of rotatable bonds is 3. The molecule has 3 nitrogen and oxygen atoms in total. The predicted octanol–water partition coefficient (Wildman–Crippen LogP) is 3.10. The summed E-state index contributed by atoms with van der Waals surface area (Å²) >= 11 is 5.81. The molecule has 0 aliphatic rings. The van der Waals surface area contributed by atoms with E-state index in [-0.39, 0.29) is 5.75 Å². The van der Waals surface area contributed by atoms with E-state index in [1.54, 1.807) is 24.4 Å². The highest BCUT2D eigenvalue weighted by Crippen LogP contribution is 2.25. The highest BCUT2D eigenvalue weighted by Gasteiger charge is 2.06. The monoisotopic (exact) mass is 258 g/mol. The average Bonchev–Trinajstić information content (AvgIpc) is 2.41. The second-order valence-electron chi connectivity index (χ2n) is 3.90. The fourth-order valence-electron chi connectivity index (χ4n) is 1.66. The van der Waals surface area contributed by atoms with E-state index in [4.69, 9.17) is 16.9 Å². The molecule has 0 saturated carbocycles. The third kappa shape index (κ3) is 2.79. The maximum Gasteiger partial charge on any atom is 0.155 e. The van der Waals surface area contributed by atoms with Gasteiger partial charge < -0.3 is 5.11 Å². The first-order chi connectivity index (χ1) is 8.70. The molecule has 90 valence electrons. The van der Waals surface area contributed by atoms with Crippen LogP contribution in [0.3, 0.4) is 0 Å². The number of halogens is 1. The standard InChI is InChI=1S/C14H11ClN2O/c15-12-7-8-17-13(14(12)18)6-5-10-1-3-11(9-16)4-2-10/h1-4,7-8,18H,5-6H2. The predicted molar refractivity (Wildman–Crippen MR) is 69.5 cm³/mol. The summed E-state index contributed by atoms with van der Waals surface area (Å²) in [5, 5.41) is 18.7. The number of aromatic nitrogens is 1. The summed E-state index contributed by atoms with van der Waals surface area (Å²) in [5.74, 6) is 0.0489. The van der Waals surface area contributed by atoms with E-state index < -0.39 is 0 Å². The van der Waals surface area contributed by atoms with Crippen molar-refractivity contribution in [2.75, 3.05) is 0 Å². The molecule has 0 spiro atoms. The van der Waals surface area contributed by atoms with Crippen LogP contribution in [0.4, 0.5) is 0 Å². The lowest BCUT2D eigenvalue weighted by Gasteiger charge is -2.05. The van der Waals surface area contributed by atoms with E-state index in [9.17, 15) is 5.11 Å². The Balaban J connectivity index is 2.07. The van der Waals surface area contributed by atoms with Gasteiger partial charge in [-0.1, -0.05) is 23.7 Å². The maximum atomic E-state index is 9.72. The van der Waals surface area contributed by atoms with Crippen LogP contribution in [0.1, 0.15) is 16.8 Å². The smallest absolute Gasteiger partial charge is 0.155 e. The second kappa shape index (κ2) is 5.52. The Hall–Kier alpha value is -2.05. The SMILES string of the molecule is N#Cc1ccc(CCc2nccc(Cl)c2O)cc1. The van der Waals surface area contributed by atoms with Gasteiger partial charge >= 0.3 is 0 Å². The summed E-state index contributed by atoms with van der Waals surface area (Å²) in [7, 11) is 0. The van der Waals surface area contributed by atoms with Crippen molar-refractivity contribution >= 4 is 11.6 Å². The van der Waals surface area contributed by atoms with Crippen molar-refractivity contribution in [3.05, 3.63) is 58.4 Å². The van der Waals surface area contributed by atoms with Gasteiger partial charge in [0.05, 0.1) is 22.3 Å². The van der Waals surface area contributed by atoms with E-state index in [2.05, 4.69) is 11.1 Å². The van der Waals surface area contributed by atoms with Crippen molar-refractivity contribution in [2.45, 2.75) is 12.8 Å². The summed E-state index contributed by atoms with van der Waals surface area (Å²) in [6.07, 6.45) is 2.93. The number of benzene rings is 1. The van der Waals surface area contributed by atoms with Crippen LogP contribution in [-0.4, -0.2) is 10.1 Å². The first-order valence-corrected chi connectivity index (χ1v) is 5.90. The fraction of sp³-hybridized carbons (Fsp3) is 0.143. The molecule has 0 amide bonds. The van der Waals surface area contributed by atoms with Gasteiger partial charge in [-0.2, -0.15) is 5.26 Å². The molecule has 1 aromatic heterocycles. The molecule has 2 rings (SSSR count). The van der Waals surface area contributed by atoms with E-state index in [0.717, 1.165) is 12.0 Å². The molecular formula is C14H11ClN2O. The Morgan fingerprint density at radius 1 is 1.17 bits per heavy atom. The highest BCUT2D eigenvalue weighted by atomic mass is 35.5. The summed E-state index contributed by atoms with van der Waals surface area (Å²) in [4.78, 5) is 4.10. The lowest BCUT2D eigenvalue weighted by Crippen LogP contribution is -1.95. The van der Waals surface area contributed by atoms with Crippen LogP contribution >= 0.6 is 11.6 Å². The first-order valence-electron chi connectivity index (χ1n) is 5.52. The van der Waals surface area contributed by atoms with Gasteiger partial charge in [0.25, 0.3) is 0 Å². The molecule has 0 saturated heterocycles. The molecular weight excluding hydrogens is 248 g/mol. The molecule has 0 bridgehead atoms. The van der Waals surface area contributed by atoms with Crippen molar-refractivity contribution in [1.29, 1.82) is 5.26 Å². The normalized spacial score (nSPS) is 10.0. The highest BCUT2D eigenvalue weighted by molar-refractivity contribution is 6.32. The summed E-state index contributed by atoms with van der Waals surface area (Å²) in [6.45, 7) is 0. The minimum absolute atomic E-state index is 0.0489. The number of nitriles is 1. The molecule has 0 unspecified atom stereocenters. The number of aromatic hydroxyl groups is 1. The number of nitrogens with zero attached hydrogens (tertiary/aromatic N) is 2. The fourth-order valence-corrected chi connectivity index (χ4v) is 1.83. The zero-order chi connectivity index (χ0) is 13.0. The number of hydrogen-bond acceptors (Lipinski definition) is 3. The van der Waals surface area contributed by atoms with Gasteiger partial charge in [0.2, 0.25) is 0 Å². The number of hydrogen-bond donors (Lipinski definition) is 1. The van der Waals surface area contributed by atoms with Crippen LogP contribution < -0.4 is 0 Å². The molecule has 1 N–H and O–H groups in total. The molecule has 1 aromatic carbocycles. The average molecular weight is 259 g/mol. The van der Waals surface area contributed by atoms with E-state index in [0.29, 0.717) is 22.7 Å². The minimum Gasteiger partial charge on any atom is -0.505 e. The third-order valence-corrected chi connectivity index (χ3v) is 2.99. The van der Waals surface area contributed by atoms with E-state index in [1.165, 1.54) is 0 Å². The Morgan fingerprint density at radius 3 is 2.56 bits per heavy atom. The van der Waals surface area contributed by atoms with Crippen molar-refractivity contribution in [2.24, 2.45) is 0 Å². The Kier molecular flexibility index (Phi) is 3.81. The molecule has 2 aromatic rings. The molecule has 4 heteroatoms. The van der Waals surface area contributed by atoms with Gasteiger partial charge in [0.15, 0.2) is 5.75 Å². The molecule has 0 aliphatic carbocycles. The van der Waals surface area contributed by atoms with Gasteiger partial charge in [-0.05, 0) is 36.6 Å². The maximum absolute atomic E-state index is 9.72. The van der Waals surface area contributed by atoms with Crippen LogP contribution in [0, 0.1) is 11.3 Å². The van der Waals surface area contributed by atoms with Gasteiger partial charge in [-0.15, -0.1) is 0 Å². The summed E-state index contributed by atoms with van der Waals surface area (Å²) in [5.41, 5.74) is 2.32. The largest absolute Gasteiger partial charge is 0.505 e. The van der Waals surface area contributed by atoms with Gasteiger partial charge in [0, 0.05) is 6.20 Å². The van der Waals surface area contributed by atoms with Crippen LogP contribution in [0.15, 0.2) is 36.5 Å². The molecule has 1 heterocycles. The van der Waals surface area contributed by atoms with Crippen molar-refractivity contribution in [1.82, 2.24) is 4.98 Å². The lowest BCUT2D eigenvalue weighted by atomic mass is 10.1. The quantitative estimate of drug-likeness (QED) is 0.920. The van der Waals surface area contributed by atoms with Gasteiger partial charge in [-0.3, -0.25) is 4.98 Å². The van der Waals surface area contributed by atoms with Crippen molar-refractivity contribution in [3.63, 3.8) is 0 Å². The second-order valence-corrected chi connectivity index (χ2v) is 4.30. The van der Waals surface area contributed by atoms with E-state index >= 15 is 0 Å². The lowest BCUT2D eigenvalue weighted by molar-refractivity contribution is 0.464. The van der Waals surface area contributed by atoms with Crippen LogP contribution in [0.2, 0.25) is 5.02 Å². The first kappa shape index (κ1) is 12.4. The number of pyridine rings is 1. The van der Waals surface area contributed by atoms with Crippen molar-refractivity contribution < 1.29 is 5.11 Å². The molecule has 18 heavy (non-hydrogen) atoms. The molecule has 0 aliphatic heterocycles. The van der Waals surface area contributed by atoms with Crippen molar-refractivity contribution in [3.8, 4) is 11.8 Å². The Morgan fingerprint density at radius 2 is 1.89 bits per heavy atom. The summed E-state index contributed by atoms with van der Waals surface area (Å²) < 4.78 is 0. The summed E-state index contributed by atoms with van der Waals surface area (Å²) in [6, 6.07) is 11.0. The van der Waals surface area contributed by atoms with Gasteiger partial charge in [0.1, 0.15) is 0 Å². The Bertz CT molecular complexity index is 588. The Labute approximate surface area is 110 Å². The zero-order valence-corrected chi connectivity index (χ0v) is 10.4. The van der Waals surface area contributed by atoms with Crippen LogP contribution in [-0.2, 0) is 12.8 Å². The number of aryl methyl sites for hydroxylation is 2. The minimum atomic E-state index is 0.0489. The molecule has 0 fully saturated rings. The molecule has 0 atom stereocenters. The van der Waals surface area contributed by atoms with Gasteiger partial charge in [-0.25, -0.2) is 0 Å². The topological polar surface area (TPSA) is 56.9 Å². The zero-order valence-electron chi connectivity index (χ0n) is 9.60. The van der Waals surface area contributed by atoms with Crippen LogP contribution in [0.5, 0.6) is 5.75 Å². The molecule has 0 radical (unpaired) electrons. The third-order valence-electron chi connectivity index (χ3n) is 2.68. The van der Waals surface area contributed by atoms with Crippen LogP contribution in [0.25, 0.3) is 0 Å². The van der Waals surface area contributed by atoms with E-state index in [1.807, 2.05) is 12.1 Å².